The second-order valence-corrected chi connectivity index (χ2v) is 5.62. The van der Waals surface area contributed by atoms with Gasteiger partial charge in [-0.05, 0) is 29.7 Å². The zero-order valence-corrected chi connectivity index (χ0v) is 13.4. The van der Waals surface area contributed by atoms with Crippen molar-refractivity contribution >= 4 is 23.3 Å². The number of benzene rings is 1. The van der Waals surface area contributed by atoms with E-state index >= 15 is 0 Å². The lowest BCUT2D eigenvalue weighted by Crippen LogP contribution is -2.19. The Labute approximate surface area is 144 Å². The minimum atomic E-state index is -3.15. The fourth-order valence-corrected chi connectivity index (χ4v) is 2.48. The molecule has 1 aromatic heterocycles. The van der Waals surface area contributed by atoms with E-state index in [2.05, 4.69) is 14.8 Å². The zero-order valence-electron chi connectivity index (χ0n) is 12.6. The fourth-order valence-electron chi connectivity index (χ4n) is 1.84. The maximum atomic E-state index is 12.5. The number of carbonyl (C=O) groups excluding carboxylic acids is 1. The second kappa shape index (κ2) is 9.07. The number of alkyl halides is 4. The molecule has 9 heteroatoms. The third kappa shape index (κ3) is 6.46. The molecule has 0 aliphatic heterocycles. The number of nitrogens with one attached hydrogen (secondary N) is 1. The highest BCUT2D eigenvalue weighted by Gasteiger charge is 2.12. The van der Waals surface area contributed by atoms with E-state index in [9.17, 15) is 22.4 Å². The monoisotopic (exact) mass is 375 g/mol. The molecule has 0 bridgehead atoms. The molecule has 1 N–H and O–H groups in total. The molecule has 0 aliphatic carbocycles. The number of halogens is 4. The molecule has 4 nitrogen and oxygen atoms in total. The molecule has 0 unspecified atom stereocenters. The fraction of sp³-hybridized carbons (Fsp3) is 0.188. The molecule has 1 aromatic carbocycles. The molecule has 2 aromatic rings. The van der Waals surface area contributed by atoms with Crippen molar-refractivity contribution in [3.05, 3.63) is 52.2 Å². The number of ether oxygens (including phenoxy) is 2. The lowest BCUT2D eigenvalue weighted by molar-refractivity contribution is -0.116. The van der Waals surface area contributed by atoms with E-state index in [1.807, 2.05) is 17.5 Å². The number of rotatable bonds is 8. The molecule has 1 heterocycles. The summed E-state index contributed by atoms with van der Waals surface area (Å²) in [5, 5.41) is 4.49. The minimum absolute atomic E-state index is 0.119. The highest BCUT2D eigenvalue weighted by Crippen LogP contribution is 2.28. The number of amides is 1. The lowest BCUT2D eigenvalue weighted by Gasteiger charge is -2.11. The van der Waals surface area contributed by atoms with Crippen LogP contribution in [0.15, 0.2) is 41.8 Å². The Balaban J connectivity index is 2.06. The normalized spacial score (nSPS) is 11.3. The summed E-state index contributed by atoms with van der Waals surface area (Å²) in [4.78, 5) is 12.7. The summed E-state index contributed by atoms with van der Waals surface area (Å²) in [6.45, 7) is -5.91. The van der Waals surface area contributed by atoms with Crippen LogP contribution >= 0.6 is 11.3 Å². The molecular weight excluding hydrogens is 362 g/mol. The average Bonchev–Trinajstić information content (AvgIpc) is 3.04. The molecule has 0 aliphatic rings. The van der Waals surface area contributed by atoms with Crippen molar-refractivity contribution in [3.8, 4) is 11.5 Å². The first-order valence-electron chi connectivity index (χ1n) is 6.96. The van der Waals surface area contributed by atoms with Gasteiger partial charge in [-0.2, -0.15) is 17.6 Å². The van der Waals surface area contributed by atoms with Crippen LogP contribution < -0.4 is 14.8 Å². The van der Waals surface area contributed by atoms with Crippen LogP contribution in [-0.2, 0) is 11.3 Å². The van der Waals surface area contributed by atoms with Crippen LogP contribution in [0.4, 0.5) is 17.6 Å². The van der Waals surface area contributed by atoms with Crippen LogP contribution in [0.5, 0.6) is 11.5 Å². The summed E-state index contributed by atoms with van der Waals surface area (Å²) < 4.78 is 57.7. The Bertz CT molecular complexity index is 720. The lowest BCUT2D eigenvalue weighted by atomic mass is 10.1. The Kier molecular flexibility index (Phi) is 6.81. The topological polar surface area (TPSA) is 47.6 Å². The van der Waals surface area contributed by atoms with Gasteiger partial charge in [-0.1, -0.05) is 6.07 Å². The van der Waals surface area contributed by atoms with E-state index in [-0.39, 0.29) is 17.1 Å². The van der Waals surface area contributed by atoms with E-state index in [4.69, 9.17) is 0 Å². The first-order valence-corrected chi connectivity index (χ1v) is 7.84. The molecule has 0 saturated carbocycles. The second-order valence-electron chi connectivity index (χ2n) is 4.59. The van der Waals surface area contributed by atoms with Crippen molar-refractivity contribution in [2.45, 2.75) is 19.8 Å². The maximum absolute atomic E-state index is 12.5. The van der Waals surface area contributed by atoms with Gasteiger partial charge in [0.15, 0.2) is 0 Å². The highest BCUT2D eigenvalue weighted by molar-refractivity contribution is 7.09. The minimum Gasteiger partial charge on any atom is -0.435 e. The third-order valence-electron chi connectivity index (χ3n) is 2.86. The van der Waals surface area contributed by atoms with Crippen LogP contribution in [0.3, 0.4) is 0 Å². The van der Waals surface area contributed by atoms with Crippen molar-refractivity contribution in [1.82, 2.24) is 5.32 Å². The summed E-state index contributed by atoms with van der Waals surface area (Å²) in [7, 11) is 0. The number of thiophene rings is 1. The largest absolute Gasteiger partial charge is 0.435 e. The number of carbonyl (C=O) groups is 1. The van der Waals surface area contributed by atoms with Crippen LogP contribution in [-0.4, -0.2) is 19.1 Å². The Morgan fingerprint density at radius 3 is 2.56 bits per heavy atom. The molecule has 25 heavy (non-hydrogen) atoms. The van der Waals surface area contributed by atoms with Gasteiger partial charge in [0.25, 0.3) is 0 Å². The van der Waals surface area contributed by atoms with Crippen LogP contribution in [0.1, 0.15) is 10.4 Å². The highest BCUT2D eigenvalue weighted by atomic mass is 32.1. The molecule has 0 atom stereocenters. The van der Waals surface area contributed by atoms with E-state index in [0.29, 0.717) is 6.54 Å². The van der Waals surface area contributed by atoms with Gasteiger partial charge in [-0.3, -0.25) is 4.79 Å². The quantitative estimate of drug-likeness (QED) is 0.553. The van der Waals surface area contributed by atoms with Crippen molar-refractivity contribution in [2.24, 2.45) is 0 Å². The first kappa shape index (κ1) is 18.8. The third-order valence-corrected chi connectivity index (χ3v) is 3.73. The number of hydrogen-bond donors (Lipinski definition) is 1. The zero-order chi connectivity index (χ0) is 18.2. The van der Waals surface area contributed by atoms with E-state index in [1.165, 1.54) is 23.5 Å². The molecule has 134 valence electrons. The molecule has 0 radical (unpaired) electrons. The van der Waals surface area contributed by atoms with E-state index in [0.717, 1.165) is 23.1 Å². The van der Waals surface area contributed by atoms with E-state index in [1.54, 1.807) is 0 Å². The van der Waals surface area contributed by atoms with Gasteiger partial charge in [0, 0.05) is 22.6 Å². The van der Waals surface area contributed by atoms with Gasteiger partial charge in [-0.15, -0.1) is 11.3 Å². The van der Waals surface area contributed by atoms with Crippen molar-refractivity contribution in [2.75, 3.05) is 0 Å². The van der Waals surface area contributed by atoms with Crippen molar-refractivity contribution in [3.63, 3.8) is 0 Å². The maximum Gasteiger partial charge on any atom is 0.387 e. The molecule has 0 fully saturated rings. The van der Waals surface area contributed by atoms with Crippen LogP contribution in [0, 0.1) is 0 Å². The first-order chi connectivity index (χ1) is 11.9. The van der Waals surface area contributed by atoms with Gasteiger partial charge in [-0.25, -0.2) is 0 Å². The summed E-state index contributed by atoms with van der Waals surface area (Å²) in [6, 6.07) is 7.00. The molecule has 1 amide bonds. The average molecular weight is 375 g/mol. The van der Waals surface area contributed by atoms with Crippen LogP contribution in [0.25, 0.3) is 6.08 Å². The van der Waals surface area contributed by atoms with E-state index < -0.39 is 19.1 Å². The molecular formula is C16H13F4NO3S. The Morgan fingerprint density at radius 1 is 1.16 bits per heavy atom. The smallest absolute Gasteiger partial charge is 0.387 e. The molecule has 0 spiro atoms. The van der Waals surface area contributed by atoms with Gasteiger partial charge in [0.05, 0.1) is 6.54 Å². The predicted octanol–water partition coefficient (Wildman–Crippen LogP) is 4.28. The van der Waals surface area contributed by atoms with Crippen molar-refractivity contribution in [1.29, 1.82) is 0 Å². The summed E-state index contributed by atoms with van der Waals surface area (Å²) >= 11 is 1.48. The molecule has 2 rings (SSSR count). The number of hydrogen-bond acceptors (Lipinski definition) is 4. The van der Waals surface area contributed by atoms with Gasteiger partial charge in [0.2, 0.25) is 5.91 Å². The summed E-state index contributed by atoms with van der Waals surface area (Å²) in [5.74, 6) is -1.15. The predicted molar refractivity (Wildman–Crippen MR) is 84.9 cm³/mol. The van der Waals surface area contributed by atoms with Gasteiger partial charge < -0.3 is 14.8 Å². The summed E-state index contributed by atoms with van der Waals surface area (Å²) in [6.07, 6.45) is 2.38. The Morgan fingerprint density at radius 2 is 1.92 bits per heavy atom. The van der Waals surface area contributed by atoms with Gasteiger partial charge >= 0.3 is 13.2 Å². The van der Waals surface area contributed by atoms with Crippen LogP contribution in [0.2, 0.25) is 0 Å². The SMILES string of the molecule is O=C(/C=C/c1ccc(OC(F)F)cc1OC(F)F)NCc1cccs1. The Hall–Kier alpha value is -2.55. The molecule has 0 saturated heterocycles. The summed E-state index contributed by atoms with van der Waals surface area (Å²) in [5.41, 5.74) is 0.119. The standard InChI is InChI=1S/C16H13F4NO3S/c17-15(18)23-11-5-3-10(13(8-11)24-16(19)20)4-6-14(22)21-9-12-2-1-7-25-12/h1-8,15-16H,9H2,(H,21,22)/b6-4+. The van der Waals surface area contributed by atoms with Crippen molar-refractivity contribution < 1.29 is 31.8 Å². The van der Waals surface area contributed by atoms with Gasteiger partial charge in [0.1, 0.15) is 11.5 Å².